The van der Waals surface area contributed by atoms with Crippen molar-refractivity contribution in [2.75, 3.05) is 5.32 Å². The molecule has 2 aromatic heterocycles. The Bertz CT molecular complexity index is 742. The molecule has 106 valence electrons. The van der Waals surface area contributed by atoms with E-state index < -0.39 is 0 Å². The van der Waals surface area contributed by atoms with E-state index in [0.29, 0.717) is 11.6 Å². The van der Waals surface area contributed by atoms with Crippen LogP contribution in [0, 0.1) is 0 Å². The fourth-order valence-electron chi connectivity index (χ4n) is 2.03. The van der Waals surface area contributed by atoms with Crippen molar-refractivity contribution in [1.82, 2.24) is 15.2 Å². The molecule has 0 saturated carbocycles. The molecule has 0 unspecified atom stereocenters. The van der Waals surface area contributed by atoms with Crippen LogP contribution in [0.2, 0.25) is 5.02 Å². The summed E-state index contributed by atoms with van der Waals surface area (Å²) in [6.07, 6.45) is 5.37. The van der Waals surface area contributed by atoms with E-state index in [1.54, 1.807) is 6.20 Å². The lowest BCUT2D eigenvalue weighted by Crippen LogP contribution is -2.00. The van der Waals surface area contributed by atoms with Gasteiger partial charge in [-0.3, -0.25) is 10.1 Å². The molecule has 0 atom stereocenters. The first kappa shape index (κ1) is 14.1. The molecule has 0 aliphatic rings. The highest BCUT2D eigenvalue weighted by atomic mass is 79.9. The Labute approximate surface area is 135 Å². The van der Waals surface area contributed by atoms with Gasteiger partial charge in [-0.2, -0.15) is 5.10 Å². The molecule has 21 heavy (non-hydrogen) atoms. The normalized spacial score (nSPS) is 10.6. The summed E-state index contributed by atoms with van der Waals surface area (Å²) >= 11 is 9.59. The van der Waals surface area contributed by atoms with Crippen molar-refractivity contribution in [2.24, 2.45) is 0 Å². The zero-order valence-corrected chi connectivity index (χ0v) is 13.3. The third-order valence-electron chi connectivity index (χ3n) is 3.07. The highest BCUT2D eigenvalue weighted by Crippen LogP contribution is 2.27. The molecule has 1 aromatic carbocycles. The van der Waals surface area contributed by atoms with Crippen molar-refractivity contribution < 1.29 is 0 Å². The molecule has 0 bridgehead atoms. The predicted molar refractivity (Wildman–Crippen MR) is 88.3 cm³/mol. The Balaban J connectivity index is 1.79. The van der Waals surface area contributed by atoms with Crippen molar-refractivity contribution in [3.8, 4) is 11.3 Å². The maximum absolute atomic E-state index is 6.20. The number of nitrogens with zero attached hydrogens (tertiary/aromatic N) is 2. The van der Waals surface area contributed by atoms with Crippen LogP contribution in [0.5, 0.6) is 0 Å². The average molecular weight is 364 g/mol. The van der Waals surface area contributed by atoms with Gasteiger partial charge in [-0.1, -0.05) is 27.5 Å². The fourth-order valence-corrected chi connectivity index (χ4v) is 2.77. The van der Waals surface area contributed by atoms with E-state index in [1.807, 2.05) is 42.7 Å². The van der Waals surface area contributed by atoms with Crippen LogP contribution in [0.15, 0.2) is 53.4 Å². The maximum atomic E-state index is 6.20. The predicted octanol–water partition coefficient (Wildman–Crippen LogP) is 4.50. The highest BCUT2D eigenvalue weighted by Gasteiger charge is 2.08. The SMILES string of the molecule is Clc1cc(Br)ccc1NCc1cn[nH]c1-c1cccnc1. The van der Waals surface area contributed by atoms with E-state index in [0.717, 1.165) is 27.0 Å². The molecule has 0 fully saturated rings. The average Bonchev–Trinajstić information content (AvgIpc) is 2.96. The molecule has 2 heterocycles. The summed E-state index contributed by atoms with van der Waals surface area (Å²) in [4.78, 5) is 4.13. The van der Waals surface area contributed by atoms with Crippen LogP contribution in [0.1, 0.15) is 5.56 Å². The molecule has 0 radical (unpaired) electrons. The van der Waals surface area contributed by atoms with Gasteiger partial charge in [0.1, 0.15) is 0 Å². The van der Waals surface area contributed by atoms with Crippen LogP contribution in [0.25, 0.3) is 11.3 Å². The lowest BCUT2D eigenvalue weighted by Gasteiger charge is -2.09. The summed E-state index contributed by atoms with van der Waals surface area (Å²) in [6.45, 7) is 0.627. The smallest absolute Gasteiger partial charge is 0.0715 e. The largest absolute Gasteiger partial charge is 0.380 e. The zero-order valence-electron chi connectivity index (χ0n) is 11.0. The minimum atomic E-state index is 0.627. The van der Waals surface area contributed by atoms with Gasteiger partial charge in [-0.05, 0) is 30.3 Å². The minimum absolute atomic E-state index is 0.627. The van der Waals surface area contributed by atoms with Crippen molar-refractivity contribution in [2.45, 2.75) is 6.54 Å². The molecule has 3 aromatic rings. The Kier molecular flexibility index (Phi) is 4.22. The number of hydrogen-bond acceptors (Lipinski definition) is 3. The summed E-state index contributed by atoms with van der Waals surface area (Å²) in [7, 11) is 0. The van der Waals surface area contributed by atoms with Crippen LogP contribution in [0.4, 0.5) is 5.69 Å². The maximum Gasteiger partial charge on any atom is 0.0715 e. The third-order valence-corrected chi connectivity index (χ3v) is 3.87. The Morgan fingerprint density at radius 2 is 2.14 bits per heavy atom. The van der Waals surface area contributed by atoms with E-state index in [9.17, 15) is 0 Å². The number of H-pyrrole nitrogens is 1. The molecular weight excluding hydrogens is 352 g/mol. The summed E-state index contributed by atoms with van der Waals surface area (Å²) in [6, 6.07) is 9.65. The molecule has 0 saturated heterocycles. The first-order valence-corrected chi connectivity index (χ1v) is 7.52. The van der Waals surface area contributed by atoms with Crippen LogP contribution in [-0.4, -0.2) is 15.2 Å². The van der Waals surface area contributed by atoms with Gasteiger partial charge in [0, 0.05) is 34.5 Å². The Morgan fingerprint density at radius 1 is 1.24 bits per heavy atom. The molecule has 0 aliphatic carbocycles. The van der Waals surface area contributed by atoms with E-state index in [1.165, 1.54) is 0 Å². The van der Waals surface area contributed by atoms with E-state index >= 15 is 0 Å². The number of aromatic amines is 1. The molecule has 3 rings (SSSR count). The van der Waals surface area contributed by atoms with Crippen molar-refractivity contribution >= 4 is 33.2 Å². The fraction of sp³-hybridized carbons (Fsp3) is 0.0667. The molecule has 4 nitrogen and oxygen atoms in total. The number of rotatable bonds is 4. The van der Waals surface area contributed by atoms with E-state index in [4.69, 9.17) is 11.6 Å². The quantitative estimate of drug-likeness (QED) is 0.717. The number of pyridine rings is 1. The topological polar surface area (TPSA) is 53.6 Å². The van der Waals surface area contributed by atoms with Crippen molar-refractivity contribution in [3.63, 3.8) is 0 Å². The molecule has 2 N–H and O–H groups in total. The number of aromatic nitrogens is 3. The van der Waals surface area contributed by atoms with Crippen LogP contribution in [-0.2, 0) is 6.54 Å². The monoisotopic (exact) mass is 362 g/mol. The first-order chi connectivity index (χ1) is 10.2. The number of hydrogen-bond donors (Lipinski definition) is 2. The van der Waals surface area contributed by atoms with Gasteiger partial charge in [0.25, 0.3) is 0 Å². The lowest BCUT2D eigenvalue weighted by atomic mass is 10.1. The van der Waals surface area contributed by atoms with Gasteiger partial charge in [-0.25, -0.2) is 0 Å². The Hall–Kier alpha value is -1.85. The molecular formula is C15H12BrClN4. The second-order valence-corrected chi connectivity index (χ2v) is 5.81. The van der Waals surface area contributed by atoms with Gasteiger partial charge in [0.15, 0.2) is 0 Å². The second-order valence-electron chi connectivity index (χ2n) is 4.49. The summed E-state index contributed by atoms with van der Waals surface area (Å²) in [5.74, 6) is 0. The second kappa shape index (κ2) is 6.28. The lowest BCUT2D eigenvalue weighted by molar-refractivity contribution is 1.09. The molecule has 0 aliphatic heterocycles. The summed E-state index contributed by atoms with van der Waals surface area (Å²) in [5, 5.41) is 11.1. The number of halogens is 2. The number of nitrogens with one attached hydrogen (secondary N) is 2. The van der Waals surface area contributed by atoms with Crippen molar-refractivity contribution in [3.05, 3.63) is 64.0 Å². The van der Waals surface area contributed by atoms with Crippen LogP contribution >= 0.6 is 27.5 Å². The van der Waals surface area contributed by atoms with Gasteiger partial charge in [-0.15, -0.1) is 0 Å². The molecule has 0 spiro atoms. The number of anilines is 1. The summed E-state index contributed by atoms with van der Waals surface area (Å²) in [5.41, 5.74) is 3.91. The van der Waals surface area contributed by atoms with Crippen molar-refractivity contribution in [1.29, 1.82) is 0 Å². The van der Waals surface area contributed by atoms with Gasteiger partial charge < -0.3 is 5.32 Å². The Morgan fingerprint density at radius 3 is 2.90 bits per heavy atom. The summed E-state index contributed by atoms with van der Waals surface area (Å²) < 4.78 is 0.956. The van der Waals surface area contributed by atoms with E-state index in [2.05, 4.69) is 36.4 Å². The van der Waals surface area contributed by atoms with Gasteiger partial charge in [0.2, 0.25) is 0 Å². The number of benzene rings is 1. The van der Waals surface area contributed by atoms with Crippen LogP contribution in [0.3, 0.4) is 0 Å². The molecule has 6 heteroatoms. The highest BCUT2D eigenvalue weighted by molar-refractivity contribution is 9.10. The standard InChI is InChI=1S/C15H12BrClN4/c16-12-3-4-14(13(17)6-12)19-8-11-9-20-21-15(11)10-2-1-5-18-7-10/h1-7,9,19H,8H2,(H,20,21). The third kappa shape index (κ3) is 3.25. The van der Waals surface area contributed by atoms with Gasteiger partial charge >= 0.3 is 0 Å². The van der Waals surface area contributed by atoms with Gasteiger partial charge in [0.05, 0.1) is 22.6 Å². The van der Waals surface area contributed by atoms with Crippen LogP contribution < -0.4 is 5.32 Å². The first-order valence-electron chi connectivity index (χ1n) is 6.35. The molecule has 0 amide bonds. The van der Waals surface area contributed by atoms with E-state index in [-0.39, 0.29) is 0 Å². The minimum Gasteiger partial charge on any atom is -0.380 e. The zero-order chi connectivity index (χ0) is 14.7.